The number of hydrogen-bond donors (Lipinski definition) is 3. The molecule has 1 aromatic heterocycles. The van der Waals surface area contributed by atoms with E-state index in [1.54, 1.807) is 0 Å². The Morgan fingerprint density at radius 3 is 2.93 bits per heavy atom. The summed E-state index contributed by atoms with van der Waals surface area (Å²) in [5.41, 5.74) is 0.245. The van der Waals surface area contributed by atoms with E-state index in [-0.39, 0.29) is 12.1 Å². The zero-order valence-electron chi connectivity index (χ0n) is 7.72. The molecule has 1 heterocycles. The molecule has 0 fully saturated rings. The van der Waals surface area contributed by atoms with Crippen LogP contribution >= 0.6 is 0 Å². The predicted octanol–water partition coefficient (Wildman–Crippen LogP) is -1.11. The minimum Gasteiger partial charge on any atom is -0.368 e. The van der Waals surface area contributed by atoms with Crippen LogP contribution in [0, 0.1) is 5.41 Å². The Kier molecular flexibility index (Phi) is 4.26. The van der Waals surface area contributed by atoms with E-state index >= 15 is 0 Å². The maximum atomic E-state index is 8.65. The largest absolute Gasteiger partial charge is 0.368 e. The molecule has 8 nitrogen and oxygen atoms in total. The number of nitrogens with zero attached hydrogens (tertiary/aromatic N) is 5. The number of nitrogens with one attached hydrogen (secondary N) is 1. The first-order valence-corrected chi connectivity index (χ1v) is 4.05. The van der Waals surface area contributed by atoms with Gasteiger partial charge in [-0.25, -0.2) is 4.68 Å². The SMILES string of the molecule is N=CC(CC(O)O)=N/C=C/n1cnnn1. The summed E-state index contributed by atoms with van der Waals surface area (Å²) in [6.07, 6.45) is 3.54. The van der Waals surface area contributed by atoms with E-state index in [2.05, 4.69) is 20.5 Å². The van der Waals surface area contributed by atoms with Crippen LogP contribution < -0.4 is 0 Å². The smallest absolute Gasteiger partial charge is 0.157 e. The fraction of sp³-hybridized carbons (Fsp3) is 0.286. The minimum atomic E-state index is -1.51. The monoisotopic (exact) mass is 210 g/mol. The van der Waals surface area contributed by atoms with Crippen LogP contribution in [-0.4, -0.2) is 48.6 Å². The molecule has 0 amide bonds. The highest BCUT2D eigenvalue weighted by molar-refractivity contribution is 6.29. The minimum absolute atomic E-state index is 0.0938. The standard InChI is InChI=1S/C7H10N6O2/c8-4-6(3-7(14)15)9-1-2-13-5-10-11-12-13/h1-2,4-5,7-8,14-15H,3H2/b2-1+,8-4?,9-6?. The van der Waals surface area contributed by atoms with E-state index < -0.39 is 6.29 Å². The van der Waals surface area contributed by atoms with Crippen molar-refractivity contribution in [2.24, 2.45) is 4.99 Å². The van der Waals surface area contributed by atoms with E-state index in [1.165, 1.54) is 23.4 Å². The number of tetrazole rings is 1. The van der Waals surface area contributed by atoms with Crippen molar-refractivity contribution in [1.29, 1.82) is 5.41 Å². The molecule has 0 bridgehead atoms. The summed E-state index contributed by atoms with van der Waals surface area (Å²) in [4.78, 5) is 3.81. The Hall–Kier alpha value is -1.93. The molecule has 0 aromatic carbocycles. The highest BCUT2D eigenvalue weighted by Gasteiger charge is 2.00. The van der Waals surface area contributed by atoms with Crippen molar-refractivity contribution in [3.63, 3.8) is 0 Å². The van der Waals surface area contributed by atoms with Gasteiger partial charge in [-0.3, -0.25) is 4.99 Å². The number of rotatable bonds is 5. The van der Waals surface area contributed by atoms with Crippen LogP contribution in [0.5, 0.6) is 0 Å². The normalized spacial score (nSPS) is 12.6. The van der Waals surface area contributed by atoms with Crippen molar-refractivity contribution in [1.82, 2.24) is 20.2 Å². The third-order valence-electron chi connectivity index (χ3n) is 1.38. The molecule has 0 saturated heterocycles. The van der Waals surface area contributed by atoms with Crippen LogP contribution in [0.1, 0.15) is 6.42 Å². The fourth-order valence-electron chi connectivity index (χ4n) is 0.770. The highest BCUT2D eigenvalue weighted by Crippen LogP contribution is 1.91. The number of aliphatic hydroxyl groups excluding tert-OH is 1. The molecule has 0 aliphatic heterocycles. The van der Waals surface area contributed by atoms with Gasteiger partial charge in [0.25, 0.3) is 0 Å². The zero-order valence-corrected chi connectivity index (χ0v) is 7.72. The van der Waals surface area contributed by atoms with Crippen molar-refractivity contribution in [3.8, 4) is 0 Å². The predicted molar refractivity (Wildman–Crippen MR) is 52.2 cm³/mol. The summed E-state index contributed by atoms with van der Waals surface area (Å²) in [5, 5.41) is 34.6. The zero-order chi connectivity index (χ0) is 11.1. The first-order chi connectivity index (χ1) is 7.22. The molecule has 15 heavy (non-hydrogen) atoms. The third kappa shape index (κ3) is 4.20. The molecule has 3 N–H and O–H groups in total. The highest BCUT2D eigenvalue weighted by atomic mass is 16.5. The van der Waals surface area contributed by atoms with Gasteiger partial charge in [-0.2, -0.15) is 0 Å². The lowest BCUT2D eigenvalue weighted by Crippen LogP contribution is -2.12. The van der Waals surface area contributed by atoms with Gasteiger partial charge in [-0.05, 0) is 10.4 Å². The van der Waals surface area contributed by atoms with E-state index in [0.29, 0.717) is 0 Å². The second-order valence-electron chi connectivity index (χ2n) is 2.54. The van der Waals surface area contributed by atoms with Gasteiger partial charge >= 0.3 is 0 Å². The van der Waals surface area contributed by atoms with E-state index in [1.807, 2.05) is 0 Å². The van der Waals surface area contributed by atoms with Crippen LogP contribution in [0.3, 0.4) is 0 Å². The van der Waals surface area contributed by atoms with Gasteiger partial charge < -0.3 is 15.6 Å². The number of hydrogen-bond acceptors (Lipinski definition) is 7. The van der Waals surface area contributed by atoms with Gasteiger partial charge in [0.1, 0.15) is 6.33 Å². The summed E-state index contributed by atoms with van der Waals surface area (Å²) in [7, 11) is 0. The first kappa shape index (κ1) is 11.1. The number of aliphatic imine (C=N–C) groups is 1. The van der Waals surface area contributed by atoms with Gasteiger partial charge in [0.05, 0.1) is 11.9 Å². The molecule has 8 heteroatoms. The Bertz CT molecular complexity index is 356. The number of aromatic nitrogens is 4. The fourth-order valence-corrected chi connectivity index (χ4v) is 0.770. The van der Waals surface area contributed by atoms with E-state index in [9.17, 15) is 0 Å². The van der Waals surface area contributed by atoms with E-state index in [0.717, 1.165) is 6.21 Å². The van der Waals surface area contributed by atoms with E-state index in [4.69, 9.17) is 15.6 Å². The van der Waals surface area contributed by atoms with Gasteiger partial charge in [-0.1, -0.05) is 0 Å². The molecule has 0 atom stereocenters. The lowest BCUT2D eigenvalue weighted by molar-refractivity contribution is -0.0322. The van der Waals surface area contributed by atoms with Gasteiger partial charge in [0.2, 0.25) is 0 Å². The van der Waals surface area contributed by atoms with Crippen LogP contribution in [0.25, 0.3) is 6.20 Å². The molecule has 1 aromatic rings. The summed E-state index contributed by atoms with van der Waals surface area (Å²) in [5.74, 6) is 0. The molecule has 0 saturated carbocycles. The second kappa shape index (κ2) is 5.73. The first-order valence-electron chi connectivity index (χ1n) is 4.05. The maximum Gasteiger partial charge on any atom is 0.157 e. The van der Waals surface area contributed by atoms with Crippen LogP contribution in [0.15, 0.2) is 17.5 Å². The van der Waals surface area contributed by atoms with Crippen molar-refractivity contribution in [2.45, 2.75) is 12.7 Å². The Balaban J connectivity index is 2.57. The second-order valence-corrected chi connectivity index (χ2v) is 2.54. The summed E-state index contributed by atoms with van der Waals surface area (Å²) in [6.45, 7) is 0. The van der Waals surface area contributed by atoms with Crippen LogP contribution in [-0.2, 0) is 0 Å². The summed E-state index contributed by atoms with van der Waals surface area (Å²) < 4.78 is 1.32. The molecule has 0 aliphatic carbocycles. The molecule has 0 aliphatic rings. The Labute approximate surface area is 85.1 Å². The topological polar surface area (TPSA) is 120 Å². The van der Waals surface area contributed by atoms with Crippen LogP contribution in [0.4, 0.5) is 0 Å². The van der Waals surface area contributed by atoms with Gasteiger partial charge in [0.15, 0.2) is 6.29 Å². The molecule has 0 unspecified atom stereocenters. The molecule has 1 rings (SSSR count). The lowest BCUT2D eigenvalue weighted by Gasteiger charge is -2.00. The van der Waals surface area contributed by atoms with Crippen LogP contribution in [0.2, 0.25) is 0 Å². The third-order valence-corrected chi connectivity index (χ3v) is 1.38. The number of aliphatic hydroxyl groups is 2. The lowest BCUT2D eigenvalue weighted by atomic mass is 10.3. The van der Waals surface area contributed by atoms with Gasteiger partial charge in [0, 0.05) is 18.8 Å². The molecular weight excluding hydrogens is 200 g/mol. The molecule has 0 radical (unpaired) electrons. The Morgan fingerprint density at radius 2 is 2.40 bits per heavy atom. The summed E-state index contributed by atoms with van der Waals surface area (Å²) in [6, 6.07) is 0. The van der Waals surface area contributed by atoms with Crippen molar-refractivity contribution < 1.29 is 10.2 Å². The summed E-state index contributed by atoms with van der Waals surface area (Å²) >= 11 is 0. The molecule has 0 spiro atoms. The van der Waals surface area contributed by atoms with Crippen molar-refractivity contribution in [3.05, 3.63) is 12.5 Å². The average molecular weight is 210 g/mol. The Morgan fingerprint density at radius 1 is 1.60 bits per heavy atom. The quantitative estimate of drug-likeness (QED) is 0.420. The van der Waals surface area contributed by atoms with Crippen molar-refractivity contribution >= 4 is 18.1 Å². The van der Waals surface area contributed by atoms with Gasteiger partial charge in [-0.15, -0.1) is 5.10 Å². The van der Waals surface area contributed by atoms with Crippen molar-refractivity contribution in [2.75, 3.05) is 0 Å². The average Bonchev–Trinajstić information content (AvgIpc) is 2.68. The molecular formula is C7H10N6O2. The maximum absolute atomic E-state index is 8.65. The molecule has 80 valence electrons.